The minimum atomic E-state index is -4.22. The number of nitrogens with zero attached hydrogens (tertiary/aromatic N) is 1. The Kier molecular flexibility index (Phi) is 10.7. The number of benzene rings is 1. The zero-order valence-electron chi connectivity index (χ0n) is 12.6. The standard InChI is InChI=1S/C14H19F4N3O.HI/c1-2-19-13(20-7-6-14(16,17)18)21-8-9-22-12-5-3-4-11(15)10-12;/h3-5,10H,2,6-9H2,1H3,(H2,19,20,21);1H. The monoisotopic (exact) mass is 449 g/mol. The van der Waals surface area contributed by atoms with Crippen molar-refractivity contribution in [1.82, 2.24) is 10.6 Å². The minimum absolute atomic E-state index is 0. The Morgan fingerprint density at radius 1 is 1.26 bits per heavy atom. The molecule has 0 amide bonds. The first-order valence-electron chi connectivity index (χ1n) is 6.88. The van der Waals surface area contributed by atoms with E-state index >= 15 is 0 Å². The molecule has 0 aliphatic rings. The summed E-state index contributed by atoms with van der Waals surface area (Å²) in [7, 11) is 0. The molecule has 0 unspecified atom stereocenters. The highest BCUT2D eigenvalue weighted by Gasteiger charge is 2.26. The average Bonchev–Trinajstić information content (AvgIpc) is 2.42. The summed E-state index contributed by atoms with van der Waals surface area (Å²) < 4.78 is 54.4. The summed E-state index contributed by atoms with van der Waals surface area (Å²) in [5.41, 5.74) is 0. The smallest absolute Gasteiger partial charge is 0.390 e. The fraction of sp³-hybridized carbons (Fsp3) is 0.500. The van der Waals surface area contributed by atoms with Gasteiger partial charge in [0.1, 0.15) is 18.2 Å². The van der Waals surface area contributed by atoms with E-state index in [-0.39, 0.29) is 43.1 Å². The van der Waals surface area contributed by atoms with Gasteiger partial charge in [0, 0.05) is 12.6 Å². The molecular formula is C14H20F4IN3O. The Bertz CT molecular complexity index is 483. The van der Waals surface area contributed by atoms with Gasteiger partial charge in [-0.1, -0.05) is 6.07 Å². The third kappa shape index (κ3) is 11.0. The van der Waals surface area contributed by atoms with E-state index in [1.54, 1.807) is 6.07 Å². The molecule has 9 heteroatoms. The molecule has 0 aliphatic carbocycles. The van der Waals surface area contributed by atoms with Crippen molar-refractivity contribution in [3.63, 3.8) is 0 Å². The fourth-order valence-corrected chi connectivity index (χ4v) is 1.53. The summed E-state index contributed by atoms with van der Waals surface area (Å²) in [6, 6.07) is 5.71. The number of nitrogens with one attached hydrogen (secondary N) is 2. The van der Waals surface area contributed by atoms with Crippen LogP contribution in [-0.4, -0.2) is 38.4 Å². The molecule has 132 valence electrons. The van der Waals surface area contributed by atoms with Crippen molar-refractivity contribution in [2.75, 3.05) is 26.2 Å². The Hall–Kier alpha value is -1.26. The van der Waals surface area contributed by atoms with Gasteiger partial charge >= 0.3 is 6.18 Å². The van der Waals surface area contributed by atoms with Crippen molar-refractivity contribution in [3.8, 4) is 5.75 Å². The highest BCUT2D eigenvalue weighted by atomic mass is 127. The molecule has 1 aromatic carbocycles. The molecule has 0 bridgehead atoms. The van der Waals surface area contributed by atoms with Gasteiger partial charge in [-0.2, -0.15) is 13.2 Å². The summed E-state index contributed by atoms with van der Waals surface area (Å²) in [5.74, 6) is 0.280. The van der Waals surface area contributed by atoms with Crippen molar-refractivity contribution in [2.24, 2.45) is 4.99 Å². The minimum Gasteiger partial charge on any atom is -0.492 e. The highest BCUT2D eigenvalue weighted by Crippen LogP contribution is 2.18. The Balaban J connectivity index is 0.00000484. The predicted molar refractivity (Wildman–Crippen MR) is 92.0 cm³/mol. The lowest BCUT2D eigenvalue weighted by molar-refractivity contribution is -0.132. The van der Waals surface area contributed by atoms with Crippen molar-refractivity contribution in [3.05, 3.63) is 30.1 Å². The number of aliphatic imine (C=N–C) groups is 1. The van der Waals surface area contributed by atoms with Gasteiger partial charge in [-0.05, 0) is 19.1 Å². The van der Waals surface area contributed by atoms with Crippen LogP contribution in [-0.2, 0) is 0 Å². The van der Waals surface area contributed by atoms with Gasteiger partial charge in [-0.25, -0.2) is 4.39 Å². The van der Waals surface area contributed by atoms with E-state index in [1.165, 1.54) is 18.2 Å². The lowest BCUT2D eigenvalue weighted by Crippen LogP contribution is -2.39. The Morgan fingerprint density at radius 2 is 2.00 bits per heavy atom. The van der Waals surface area contributed by atoms with Crippen LogP contribution in [0, 0.1) is 5.82 Å². The summed E-state index contributed by atoms with van der Waals surface area (Å²) in [5, 5.41) is 5.68. The zero-order chi connectivity index (χ0) is 16.4. The van der Waals surface area contributed by atoms with Crippen LogP contribution in [0.25, 0.3) is 0 Å². The van der Waals surface area contributed by atoms with Gasteiger partial charge in [-0.3, -0.25) is 4.99 Å². The molecule has 0 aliphatic heterocycles. The molecule has 0 aromatic heterocycles. The van der Waals surface area contributed by atoms with Gasteiger partial charge in [0.2, 0.25) is 0 Å². The molecule has 0 radical (unpaired) electrons. The van der Waals surface area contributed by atoms with Crippen molar-refractivity contribution in [1.29, 1.82) is 0 Å². The van der Waals surface area contributed by atoms with Crippen LogP contribution in [0.3, 0.4) is 0 Å². The largest absolute Gasteiger partial charge is 0.492 e. The first-order chi connectivity index (χ1) is 10.4. The lowest BCUT2D eigenvalue weighted by atomic mass is 10.3. The number of rotatable bonds is 7. The van der Waals surface area contributed by atoms with Crippen LogP contribution in [0.2, 0.25) is 0 Å². The third-order valence-corrected chi connectivity index (χ3v) is 2.47. The summed E-state index contributed by atoms with van der Waals surface area (Å²) >= 11 is 0. The van der Waals surface area contributed by atoms with Crippen LogP contribution in [0.4, 0.5) is 17.6 Å². The molecule has 4 nitrogen and oxygen atoms in total. The molecular weight excluding hydrogens is 429 g/mol. The Labute approximate surface area is 149 Å². The second kappa shape index (κ2) is 11.3. The number of hydrogen-bond donors (Lipinski definition) is 2. The topological polar surface area (TPSA) is 45.7 Å². The van der Waals surface area contributed by atoms with Crippen LogP contribution >= 0.6 is 24.0 Å². The van der Waals surface area contributed by atoms with Gasteiger partial charge in [-0.15, -0.1) is 24.0 Å². The summed E-state index contributed by atoms with van der Waals surface area (Å²) in [6.07, 6.45) is -5.19. The second-order valence-electron chi connectivity index (χ2n) is 4.36. The molecule has 2 N–H and O–H groups in total. The van der Waals surface area contributed by atoms with Crippen LogP contribution in [0.5, 0.6) is 5.75 Å². The second-order valence-corrected chi connectivity index (χ2v) is 4.36. The van der Waals surface area contributed by atoms with E-state index in [0.717, 1.165) is 0 Å². The lowest BCUT2D eigenvalue weighted by Gasteiger charge is -2.12. The van der Waals surface area contributed by atoms with Crippen molar-refractivity contribution < 1.29 is 22.3 Å². The van der Waals surface area contributed by atoms with E-state index in [0.29, 0.717) is 18.8 Å². The first-order valence-corrected chi connectivity index (χ1v) is 6.88. The summed E-state index contributed by atoms with van der Waals surface area (Å²) in [6.45, 7) is 2.55. The van der Waals surface area contributed by atoms with Gasteiger partial charge in [0.15, 0.2) is 5.96 Å². The van der Waals surface area contributed by atoms with Crippen LogP contribution in [0.15, 0.2) is 29.3 Å². The molecule has 0 atom stereocenters. The summed E-state index contributed by atoms with van der Waals surface area (Å²) in [4.78, 5) is 3.82. The van der Waals surface area contributed by atoms with Crippen molar-refractivity contribution >= 4 is 29.9 Å². The van der Waals surface area contributed by atoms with E-state index in [1.807, 2.05) is 6.92 Å². The molecule has 0 spiro atoms. The molecule has 1 aromatic rings. The number of hydrogen-bond acceptors (Lipinski definition) is 2. The third-order valence-electron chi connectivity index (χ3n) is 2.47. The number of alkyl halides is 3. The van der Waals surface area contributed by atoms with Gasteiger partial charge < -0.3 is 15.4 Å². The molecule has 0 heterocycles. The number of halogens is 5. The predicted octanol–water partition coefficient (Wildman–Crippen LogP) is 3.33. The maximum Gasteiger partial charge on any atom is 0.390 e. The van der Waals surface area contributed by atoms with E-state index in [4.69, 9.17) is 4.74 Å². The van der Waals surface area contributed by atoms with E-state index < -0.39 is 18.4 Å². The quantitative estimate of drug-likeness (QED) is 0.221. The van der Waals surface area contributed by atoms with E-state index in [9.17, 15) is 17.6 Å². The van der Waals surface area contributed by atoms with Crippen molar-refractivity contribution in [2.45, 2.75) is 19.5 Å². The van der Waals surface area contributed by atoms with Crippen LogP contribution < -0.4 is 15.4 Å². The maximum absolute atomic E-state index is 12.9. The molecule has 0 saturated heterocycles. The Morgan fingerprint density at radius 3 is 2.61 bits per heavy atom. The number of ether oxygens (including phenoxy) is 1. The molecule has 1 rings (SSSR count). The zero-order valence-corrected chi connectivity index (χ0v) is 15.0. The van der Waals surface area contributed by atoms with Gasteiger partial charge in [0.05, 0.1) is 19.5 Å². The first kappa shape index (κ1) is 21.7. The van der Waals surface area contributed by atoms with Gasteiger partial charge in [0.25, 0.3) is 0 Å². The molecule has 23 heavy (non-hydrogen) atoms. The maximum atomic E-state index is 12.9. The normalized spacial score (nSPS) is 11.6. The number of guanidine groups is 1. The molecule has 0 fully saturated rings. The highest BCUT2D eigenvalue weighted by molar-refractivity contribution is 14.0. The SMILES string of the molecule is CCNC(=NCCC(F)(F)F)NCCOc1cccc(F)c1.I. The average molecular weight is 449 g/mol. The van der Waals surface area contributed by atoms with Crippen LogP contribution in [0.1, 0.15) is 13.3 Å². The van der Waals surface area contributed by atoms with E-state index in [2.05, 4.69) is 15.6 Å². The fourth-order valence-electron chi connectivity index (χ4n) is 1.53. The molecule has 0 saturated carbocycles.